The third-order valence-corrected chi connectivity index (χ3v) is 2.78. The molecule has 0 aromatic heterocycles. The number of ether oxygens (including phenoxy) is 1. The number of benzene rings is 1. The van der Waals surface area contributed by atoms with E-state index in [9.17, 15) is 5.11 Å². The molecule has 0 aliphatic rings. The van der Waals surface area contributed by atoms with Crippen molar-refractivity contribution < 1.29 is 9.84 Å². The Bertz CT molecular complexity index is 369. The highest BCUT2D eigenvalue weighted by molar-refractivity contribution is 6.30. The molecule has 3 heteroatoms. The molecule has 0 saturated heterocycles. The van der Waals surface area contributed by atoms with Crippen molar-refractivity contribution in [3.63, 3.8) is 0 Å². The van der Waals surface area contributed by atoms with E-state index in [0.717, 1.165) is 17.7 Å². The maximum Gasteiger partial charge on any atom is 0.122 e. The predicted molar refractivity (Wildman–Crippen MR) is 71.8 cm³/mol. The van der Waals surface area contributed by atoms with Crippen molar-refractivity contribution in [2.45, 2.75) is 39.7 Å². The fourth-order valence-corrected chi connectivity index (χ4v) is 2.13. The summed E-state index contributed by atoms with van der Waals surface area (Å²) in [6.07, 6.45) is 0.950. The molecule has 1 rings (SSSR count). The van der Waals surface area contributed by atoms with Crippen LogP contribution in [0.3, 0.4) is 0 Å². The average Bonchev–Trinajstić information content (AvgIpc) is 2.14. The third kappa shape index (κ3) is 4.97. The molecule has 96 valence electrons. The number of halogens is 1. The molecule has 0 saturated carbocycles. The summed E-state index contributed by atoms with van der Waals surface area (Å²) in [5.41, 5.74) is 1.07. The van der Waals surface area contributed by atoms with Crippen LogP contribution in [0.2, 0.25) is 5.02 Å². The van der Waals surface area contributed by atoms with Crippen LogP contribution in [0.4, 0.5) is 0 Å². The van der Waals surface area contributed by atoms with Gasteiger partial charge in [-0.2, -0.15) is 0 Å². The van der Waals surface area contributed by atoms with Crippen molar-refractivity contribution in [3.8, 4) is 5.75 Å². The summed E-state index contributed by atoms with van der Waals surface area (Å²) in [6.45, 7) is 6.35. The zero-order chi connectivity index (χ0) is 13.1. The first kappa shape index (κ1) is 14.3. The Morgan fingerprint density at radius 1 is 1.35 bits per heavy atom. The summed E-state index contributed by atoms with van der Waals surface area (Å²) in [7, 11) is 1.63. The Morgan fingerprint density at radius 2 is 2.00 bits per heavy atom. The Morgan fingerprint density at radius 3 is 2.53 bits per heavy atom. The monoisotopic (exact) mass is 256 g/mol. The van der Waals surface area contributed by atoms with Crippen molar-refractivity contribution in [3.05, 3.63) is 28.8 Å². The molecule has 2 nitrogen and oxygen atoms in total. The molecule has 1 aromatic carbocycles. The number of rotatable bonds is 4. The van der Waals surface area contributed by atoms with Crippen molar-refractivity contribution in [2.24, 2.45) is 5.41 Å². The van der Waals surface area contributed by atoms with Crippen LogP contribution in [-0.2, 0) is 6.42 Å². The van der Waals surface area contributed by atoms with Gasteiger partial charge in [-0.15, -0.1) is 0 Å². The molecule has 17 heavy (non-hydrogen) atoms. The van der Waals surface area contributed by atoms with Crippen LogP contribution >= 0.6 is 11.6 Å². The van der Waals surface area contributed by atoms with Gasteiger partial charge in [-0.25, -0.2) is 0 Å². The Balaban J connectivity index is 2.76. The van der Waals surface area contributed by atoms with Gasteiger partial charge in [0.15, 0.2) is 0 Å². The maximum atomic E-state index is 10.1. The molecule has 0 aliphatic carbocycles. The molecule has 0 amide bonds. The van der Waals surface area contributed by atoms with E-state index >= 15 is 0 Å². The minimum absolute atomic E-state index is 0.116. The molecule has 0 aliphatic heterocycles. The van der Waals surface area contributed by atoms with Gasteiger partial charge in [0.2, 0.25) is 0 Å². The quantitative estimate of drug-likeness (QED) is 0.890. The van der Waals surface area contributed by atoms with E-state index < -0.39 is 0 Å². The molecule has 1 atom stereocenters. The van der Waals surface area contributed by atoms with Crippen molar-refractivity contribution in [1.82, 2.24) is 0 Å². The molecule has 0 heterocycles. The first-order valence-electron chi connectivity index (χ1n) is 5.82. The number of methoxy groups -OCH3 is 1. The van der Waals surface area contributed by atoms with E-state index in [1.165, 1.54) is 0 Å². The zero-order valence-electron chi connectivity index (χ0n) is 11.0. The molecule has 0 bridgehead atoms. The summed E-state index contributed by atoms with van der Waals surface area (Å²) in [5, 5.41) is 10.7. The van der Waals surface area contributed by atoms with E-state index in [-0.39, 0.29) is 11.5 Å². The first-order valence-corrected chi connectivity index (χ1v) is 6.20. The number of aliphatic hydroxyl groups is 1. The molecule has 0 fully saturated rings. The lowest BCUT2D eigenvalue weighted by Gasteiger charge is -2.22. The van der Waals surface area contributed by atoms with Crippen LogP contribution in [0.1, 0.15) is 32.8 Å². The second kappa shape index (κ2) is 5.74. The predicted octanol–water partition coefficient (Wildman–Crippen LogP) is 3.69. The number of hydrogen-bond acceptors (Lipinski definition) is 2. The van der Waals surface area contributed by atoms with Gasteiger partial charge >= 0.3 is 0 Å². The summed E-state index contributed by atoms with van der Waals surface area (Å²) in [4.78, 5) is 0. The average molecular weight is 257 g/mol. The van der Waals surface area contributed by atoms with Crippen LogP contribution in [0.25, 0.3) is 0 Å². The Labute approximate surface area is 109 Å². The van der Waals surface area contributed by atoms with Gasteiger partial charge in [-0.1, -0.05) is 32.4 Å². The molecule has 0 radical (unpaired) electrons. The lowest BCUT2D eigenvalue weighted by molar-refractivity contribution is 0.121. The highest BCUT2D eigenvalue weighted by atomic mass is 35.5. The van der Waals surface area contributed by atoms with Gasteiger partial charge in [0.1, 0.15) is 5.75 Å². The highest BCUT2D eigenvalue weighted by Gasteiger charge is 2.18. The van der Waals surface area contributed by atoms with Gasteiger partial charge in [0.25, 0.3) is 0 Å². The van der Waals surface area contributed by atoms with E-state index in [1.54, 1.807) is 13.2 Å². The standard InChI is InChI=1S/C14H21ClO2/c1-14(2,3)9-12(16)8-10-7-11(15)5-6-13(10)17-4/h5-7,12,16H,8-9H2,1-4H3. The lowest BCUT2D eigenvalue weighted by atomic mass is 9.87. The number of aliphatic hydroxyl groups excluding tert-OH is 1. The fraction of sp³-hybridized carbons (Fsp3) is 0.571. The summed E-state index contributed by atoms with van der Waals surface area (Å²) < 4.78 is 5.26. The van der Waals surface area contributed by atoms with Crippen LogP contribution in [0, 0.1) is 5.41 Å². The number of hydrogen-bond donors (Lipinski definition) is 1. The Hall–Kier alpha value is -0.730. The second-order valence-electron chi connectivity index (χ2n) is 5.58. The summed E-state index contributed by atoms with van der Waals surface area (Å²) in [5.74, 6) is 0.780. The summed E-state index contributed by atoms with van der Waals surface area (Å²) in [6, 6.07) is 5.48. The second-order valence-corrected chi connectivity index (χ2v) is 6.02. The molecule has 0 spiro atoms. The normalized spacial score (nSPS) is 13.5. The molecule has 1 unspecified atom stereocenters. The van der Waals surface area contributed by atoms with Crippen LogP contribution < -0.4 is 4.74 Å². The van der Waals surface area contributed by atoms with Crippen molar-refractivity contribution >= 4 is 11.6 Å². The largest absolute Gasteiger partial charge is 0.496 e. The topological polar surface area (TPSA) is 29.5 Å². The van der Waals surface area contributed by atoms with Crippen molar-refractivity contribution in [1.29, 1.82) is 0 Å². The van der Waals surface area contributed by atoms with E-state index in [0.29, 0.717) is 11.4 Å². The van der Waals surface area contributed by atoms with Crippen LogP contribution in [-0.4, -0.2) is 18.3 Å². The van der Waals surface area contributed by atoms with Gasteiger partial charge in [-0.3, -0.25) is 0 Å². The van der Waals surface area contributed by atoms with Crippen molar-refractivity contribution in [2.75, 3.05) is 7.11 Å². The highest BCUT2D eigenvalue weighted by Crippen LogP contribution is 2.27. The van der Waals surface area contributed by atoms with Crippen LogP contribution in [0.15, 0.2) is 18.2 Å². The smallest absolute Gasteiger partial charge is 0.122 e. The maximum absolute atomic E-state index is 10.1. The van der Waals surface area contributed by atoms with Gasteiger partial charge in [0, 0.05) is 11.4 Å². The molecular weight excluding hydrogens is 236 g/mol. The van der Waals surface area contributed by atoms with E-state index in [4.69, 9.17) is 16.3 Å². The van der Waals surface area contributed by atoms with Gasteiger partial charge in [-0.05, 0) is 35.6 Å². The molecular formula is C14H21ClO2. The molecule has 1 aromatic rings. The zero-order valence-corrected chi connectivity index (χ0v) is 11.7. The summed E-state index contributed by atoms with van der Waals surface area (Å²) >= 11 is 5.95. The van der Waals surface area contributed by atoms with Gasteiger partial charge < -0.3 is 9.84 Å². The van der Waals surface area contributed by atoms with E-state index in [2.05, 4.69) is 20.8 Å². The van der Waals surface area contributed by atoms with E-state index in [1.807, 2.05) is 12.1 Å². The fourth-order valence-electron chi connectivity index (χ4n) is 1.94. The Kier molecular flexibility index (Phi) is 4.84. The molecule has 1 N–H and O–H groups in total. The van der Waals surface area contributed by atoms with Crippen LogP contribution in [0.5, 0.6) is 5.75 Å². The minimum atomic E-state index is -0.373. The third-order valence-electron chi connectivity index (χ3n) is 2.55. The van der Waals surface area contributed by atoms with Gasteiger partial charge in [0.05, 0.1) is 13.2 Å². The SMILES string of the molecule is COc1ccc(Cl)cc1CC(O)CC(C)(C)C. The first-order chi connectivity index (χ1) is 7.81. The lowest BCUT2D eigenvalue weighted by Crippen LogP contribution is -2.19. The minimum Gasteiger partial charge on any atom is -0.496 e.